The number of imide groups is 1. The molecule has 8 heteroatoms. The first-order valence-corrected chi connectivity index (χ1v) is 6.59. The third kappa shape index (κ3) is 3.32. The summed E-state index contributed by atoms with van der Waals surface area (Å²) in [6, 6.07) is 3.35. The molecule has 0 spiro atoms. The normalized spacial score (nSPS) is 14.4. The maximum Gasteiger partial charge on any atom is 0.324 e. The summed E-state index contributed by atoms with van der Waals surface area (Å²) in [5.41, 5.74) is 0.161. The van der Waals surface area contributed by atoms with Gasteiger partial charge in [0.2, 0.25) is 5.91 Å². The van der Waals surface area contributed by atoms with Crippen LogP contribution in [0.3, 0.4) is 0 Å². The lowest BCUT2D eigenvalue weighted by Gasteiger charge is -2.12. The van der Waals surface area contributed by atoms with Crippen LogP contribution in [0, 0.1) is 5.82 Å². The van der Waals surface area contributed by atoms with E-state index in [1.165, 1.54) is 12.1 Å². The molecule has 106 valence electrons. The van der Waals surface area contributed by atoms with Crippen molar-refractivity contribution in [2.45, 2.75) is 0 Å². The molecule has 0 aliphatic carbocycles. The lowest BCUT2D eigenvalue weighted by atomic mass is 10.2. The van der Waals surface area contributed by atoms with Gasteiger partial charge in [-0.3, -0.25) is 14.5 Å². The molecule has 1 heterocycles. The molecule has 1 fully saturated rings. The van der Waals surface area contributed by atoms with E-state index in [0.29, 0.717) is 4.47 Å². The molecule has 1 aromatic rings. The number of nitrogens with one attached hydrogen (secondary N) is 2. The van der Waals surface area contributed by atoms with Crippen LogP contribution in [-0.4, -0.2) is 42.4 Å². The van der Waals surface area contributed by atoms with E-state index in [-0.39, 0.29) is 31.1 Å². The van der Waals surface area contributed by atoms with E-state index in [1.807, 2.05) is 0 Å². The molecule has 20 heavy (non-hydrogen) atoms. The number of nitrogens with zero attached hydrogens (tertiary/aromatic N) is 1. The molecule has 0 radical (unpaired) electrons. The fraction of sp³-hybridized carbons (Fsp3) is 0.250. The van der Waals surface area contributed by atoms with Gasteiger partial charge in [-0.15, -0.1) is 0 Å². The highest BCUT2D eigenvalue weighted by Crippen LogP contribution is 2.14. The molecular formula is C12H11BrFN3O3. The Morgan fingerprint density at radius 2 is 2.15 bits per heavy atom. The molecule has 0 bridgehead atoms. The van der Waals surface area contributed by atoms with Gasteiger partial charge < -0.3 is 10.6 Å². The molecule has 0 saturated carbocycles. The van der Waals surface area contributed by atoms with Crippen molar-refractivity contribution in [3.63, 3.8) is 0 Å². The van der Waals surface area contributed by atoms with E-state index in [2.05, 4.69) is 26.6 Å². The van der Waals surface area contributed by atoms with Crippen LogP contribution < -0.4 is 10.6 Å². The molecule has 1 aliphatic heterocycles. The van der Waals surface area contributed by atoms with E-state index < -0.39 is 17.8 Å². The summed E-state index contributed by atoms with van der Waals surface area (Å²) in [6.45, 7) is 0.155. The second-order valence-corrected chi connectivity index (χ2v) is 5.03. The van der Waals surface area contributed by atoms with Crippen molar-refractivity contribution >= 4 is 33.8 Å². The highest BCUT2D eigenvalue weighted by molar-refractivity contribution is 9.10. The Morgan fingerprint density at radius 3 is 2.75 bits per heavy atom. The van der Waals surface area contributed by atoms with Crippen LogP contribution in [-0.2, 0) is 4.79 Å². The van der Waals surface area contributed by atoms with Gasteiger partial charge in [0.25, 0.3) is 5.91 Å². The van der Waals surface area contributed by atoms with Crippen LogP contribution in [0.15, 0.2) is 22.7 Å². The molecule has 6 nitrogen and oxygen atoms in total. The number of hydrogen-bond acceptors (Lipinski definition) is 3. The zero-order chi connectivity index (χ0) is 14.7. The Balaban J connectivity index is 1.89. The predicted molar refractivity (Wildman–Crippen MR) is 71.5 cm³/mol. The first-order chi connectivity index (χ1) is 9.47. The topological polar surface area (TPSA) is 78.5 Å². The minimum Gasteiger partial charge on any atom is -0.350 e. The van der Waals surface area contributed by atoms with Gasteiger partial charge in [-0.2, -0.15) is 0 Å². The average molecular weight is 344 g/mol. The molecule has 2 N–H and O–H groups in total. The largest absolute Gasteiger partial charge is 0.350 e. The molecule has 1 aliphatic rings. The summed E-state index contributed by atoms with van der Waals surface area (Å²) in [5, 5.41) is 4.89. The zero-order valence-corrected chi connectivity index (χ0v) is 11.9. The fourth-order valence-electron chi connectivity index (χ4n) is 1.75. The second-order valence-electron chi connectivity index (χ2n) is 4.12. The lowest BCUT2D eigenvalue weighted by molar-refractivity contribution is -0.124. The van der Waals surface area contributed by atoms with Crippen molar-refractivity contribution in [2.75, 3.05) is 19.6 Å². The molecule has 2 rings (SSSR count). The quantitative estimate of drug-likeness (QED) is 0.796. The van der Waals surface area contributed by atoms with Crippen LogP contribution in [0.4, 0.5) is 9.18 Å². The van der Waals surface area contributed by atoms with Gasteiger partial charge in [-0.05, 0) is 18.2 Å². The van der Waals surface area contributed by atoms with E-state index in [1.54, 1.807) is 0 Å². The molecule has 1 aromatic carbocycles. The van der Waals surface area contributed by atoms with E-state index in [0.717, 1.165) is 11.0 Å². The maximum atomic E-state index is 13.1. The highest BCUT2D eigenvalue weighted by Gasteiger charge is 2.27. The Bertz CT molecular complexity index is 543. The number of carbonyl (C=O) groups excluding carboxylic acids is 3. The maximum absolute atomic E-state index is 13.1. The Morgan fingerprint density at radius 1 is 1.40 bits per heavy atom. The predicted octanol–water partition coefficient (Wildman–Crippen LogP) is 0.870. The van der Waals surface area contributed by atoms with E-state index in [4.69, 9.17) is 0 Å². The third-order valence-corrected chi connectivity index (χ3v) is 3.14. The Labute approximate surface area is 122 Å². The summed E-state index contributed by atoms with van der Waals surface area (Å²) in [6.07, 6.45) is 0. The van der Waals surface area contributed by atoms with Crippen molar-refractivity contribution in [1.29, 1.82) is 0 Å². The first-order valence-electron chi connectivity index (χ1n) is 5.80. The van der Waals surface area contributed by atoms with Crippen molar-refractivity contribution in [1.82, 2.24) is 15.5 Å². The smallest absolute Gasteiger partial charge is 0.324 e. The van der Waals surface area contributed by atoms with Crippen molar-refractivity contribution in [3.8, 4) is 0 Å². The molecule has 0 aromatic heterocycles. The van der Waals surface area contributed by atoms with Crippen molar-refractivity contribution in [3.05, 3.63) is 34.1 Å². The van der Waals surface area contributed by atoms with E-state index >= 15 is 0 Å². The zero-order valence-electron chi connectivity index (χ0n) is 10.3. The van der Waals surface area contributed by atoms with Crippen LogP contribution in [0.5, 0.6) is 0 Å². The molecule has 4 amide bonds. The number of urea groups is 1. The molecule has 1 saturated heterocycles. The lowest BCUT2D eigenvalue weighted by Crippen LogP contribution is -2.38. The summed E-state index contributed by atoms with van der Waals surface area (Å²) >= 11 is 3.09. The van der Waals surface area contributed by atoms with Crippen molar-refractivity contribution in [2.24, 2.45) is 0 Å². The number of halogens is 2. The van der Waals surface area contributed by atoms with Gasteiger partial charge in [0.05, 0.1) is 6.54 Å². The van der Waals surface area contributed by atoms with Gasteiger partial charge in [0.1, 0.15) is 5.82 Å². The highest BCUT2D eigenvalue weighted by atomic mass is 79.9. The Kier molecular flexibility index (Phi) is 4.33. The summed E-state index contributed by atoms with van der Waals surface area (Å²) < 4.78 is 13.6. The second kappa shape index (κ2) is 6.00. The van der Waals surface area contributed by atoms with Crippen LogP contribution in [0.1, 0.15) is 10.4 Å². The minimum absolute atomic E-state index is 0.0242. The molecular weight excluding hydrogens is 333 g/mol. The Hall–Kier alpha value is -1.96. The van der Waals surface area contributed by atoms with Gasteiger partial charge in [0.15, 0.2) is 0 Å². The number of benzene rings is 1. The van der Waals surface area contributed by atoms with Gasteiger partial charge >= 0.3 is 6.03 Å². The number of carbonyl (C=O) groups is 3. The monoisotopic (exact) mass is 343 g/mol. The average Bonchev–Trinajstić information content (AvgIpc) is 2.69. The summed E-state index contributed by atoms with van der Waals surface area (Å²) in [4.78, 5) is 35.3. The number of rotatable bonds is 4. The first kappa shape index (κ1) is 14.4. The van der Waals surface area contributed by atoms with Crippen LogP contribution in [0.2, 0.25) is 0 Å². The van der Waals surface area contributed by atoms with Crippen LogP contribution in [0.25, 0.3) is 0 Å². The number of hydrogen-bond donors (Lipinski definition) is 2. The standard InChI is InChI=1S/C12H11BrFN3O3/c13-8-3-7(4-9(14)5-8)11(19)15-1-2-17-10(18)6-16-12(17)20/h3-5H,1-2,6H2,(H,15,19)(H,16,20). The fourth-order valence-corrected chi connectivity index (χ4v) is 2.22. The van der Waals surface area contributed by atoms with E-state index in [9.17, 15) is 18.8 Å². The van der Waals surface area contributed by atoms with Crippen LogP contribution >= 0.6 is 15.9 Å². The van der Waals surface area contributed by atoms with Crippen molar-refractivity contribution < 1.29 is 18.8 Å². The number of amides is 4. The summed E-state index contributed by atoms with van der Waals surface area (Å²) in [5.74, 6) is -1.34. The molecule has 0 unspecified atom stereocenters. The SMILES string of the molecule is O=C(NCCN1C(=O)CNC1=O)c1cc(F)cc(Br)c1. The summed E-state index contributed by atoms with van der Waals surface area (Å²) in [7, 11) is 0. The van der Waals surface area contributed by atoms with Gasteiger partial charge in [-0.1, -0.05) is 15.9 Å². The van der Waals surface area contributed by atoms with Gasteiger partial charge in [0, 0.05) is 23.1 Å². The minimum atomic E-state index is -0.529. The third-order valence-electron chi connectivity index (χ3n) is 2.68. The van der Waals surface area contributed by atoms with Gasteiger partial charge in [-0.25, -0.2) is 9.18 Å². The molecule has 0 atom stereocenters.